The van der Waals surface area contributed by atoms with Crippen molar-refractivity contribution >= 4 is 30.8 Å². The largest absolute Gasteiger partial charge is 0.476 e. The first-order valence-electron chi connectivity index (χ1n) is 13.5. The van der Waals surface area contributed by atoms with E-state index in [1.54, 1.807) is 25.1 Å². The van der Waals surface area contributed by atoms with Gasteiger partial charge < -0.3 is 29.6 Å². The lowest BCUT2D eigenvalue weighted by molar-refractivity contribution is -0.202. The first-order valence-corrected chi connectivity index (χ1v) is 15.0. The number of aromatic nitrogens is 4. The summed E-state index contributed by atoms with van der Waals surface area (Å²) in [7, 11) is -4.58. The normalized spacial score (nSPS) is 25.9. The number of para-hydroxylation sites is 1. The maximum absolute atomic E-state index is 16.2. The zero-order valence-electron chi connectivity index (χ0n) is 24.3. The molecule has 0 spiro atoms. The number of carbonyl (C=O) groups excluding carboxylic acids is 1. The molecule has 4 rings (SSSR count). The number of nitrogens with two attached hydrogens (primary N) is 1. The van der Waals surface area contributed by atoms with Gasteiger partial charge in [-0.15, -0.1) is 0 Å². The molecule has 0 aliphatic carbocycles. The highest BCUT2D eigenvalue weighted by Gasteiger charge is 2.65. The molecule has 4 N–H and O–H groups in total. The molecule has 43 heavy (non-hydrogen) atoms. The number of imidazole rings is 1. The number of anilines is 1. The minimum Gasteiger partial charge on any atom is -0.476 e. The Kier molecular flexibility index (Phi) is 9.57. The zero-order valence-corrected chi connectivity index (χ0v) is 25.2. The number of hydrogen-bond donors (Lipinski definition) is 3. The molecule has 0 radical (unpaired) electrons. The van der Waals surface area contributed by atoms with Crippen molar-refractivity contribution in [1.29, 1.82) is 0 Å². The van der Waals surface area contributed by atoms with Crippen molar-refractivity contribution in [3.05, 3.63) is 36.7 Å². The first kappa shape index (κ1) is 32.5. The molecule has 1 fully saturated rings. The van der Waals surface area contributed by atoms with Crippen LogP contribution in [-0.2, 0) is 23.4 Å². The Bertz CT molecular complexity index is 1480. The molecule has 1 aliphatic heterocycles. The number of carbonyl (C=O) groups is 1. The number of nitrogen functional groups attached to an aromatic ring is 1. The van der Waals surface area contributed by atoms with Crippen LogP contribution in [0.3, 0.4) is 0 Å². The van der Waals surface area contributed by atoms with Crippen LogP contribution in [0.4, 0.5) is 14.7 Å². The van der Waals surface area contributed by atoms with Crippen molar-refractivity contribution < 1.29 is 46.5 Å². The monoisotopic (exact) mass is 628 g/mol. The Morgan fingerprint density at radius 1 is 1.26 bits per heavy atom. The van der Waals surface area contributed by atoms with Crippen LogP contribution in [0, 0.1) is 5.92 Å². The molecule has 3 heterocycles. The van der Waals surface area contributed by atoms with E-state index in [1.165, 1.54) is 19.1 Å². The fraction of sp³-hybridized carbons (Fsp3) is 0.538. The summed E-state index contributed by atoms with van der Waals surface area (Å²) in [6.45, 7) is 6.69. The average Bonchev–Trinajstić information content (AvgIpc) is 3.44. The van der Waals surface area contributed by atoms with E-state index in [1.807, 2.05) is 13.8 Å². The maximum atomic E-state index is 16.2. The third-order valence-electron chi connectivity index (χ3n) is 6.34. The average molecular weight is 629 g/mol. The summed E-state index contributed by atoms with van der Waals surface area (Å²) in [6, 6.07) is 6.53. The lowest BCUT2D eigenvalue weighted by atomic mass is 9.97. The van der Waals surface area contributed by atoms with E-state index in [0.717, 1.165) is 17.8 Å². The van der Waals surface area contributed by atoms with Crippen LogP contribution in [0.15, 0.2) is 36.7 Å². The smallest absolute Gasteiger partial charge is 0.459 e. The number of esters is 1. The molecule has 0 saturated carbocycles. The summed E-state index contributed by atoms with van der Waals surface area (Å²) >= 11 is 0. The molecule has 0 bridgehead atoms. The molecule has 2 aromatic heterocycles. The Hall–Kier alpha value is -3.43. The van der Waals surface area contributed by atoms with Crippen LogP contribution in [-0.4, -0.2) is 74.1 Å². The summed E-state index contributed by atoms with van der Waals surface area (Å²) < 4.78 is 74.0. The second-order valence-corrected chi connectivity index (χ2v) is 12.2. The van der Waals surface area contributed by atoms with E-state index >= 15 is 8.78 Å². The quantitative estimate of drug-likeness (QED) is 0.185. The van der Waals surface area contributed by atoms with Gasteiger partial charge in [0.15, 0.2) is 29.2 Å². The van der Waals surface area contributed by atoms with Crippen LogP contribution in [0.2, 0.25) is 0 Å². The Labute approximate surface area is 246 Å². The van der Waals surface area contributed by atoms with E-state index < -0.39 is 50.2 Å². The van der Waals surface area contributed by atoms with Crippen molar-refractivity contribution in [2.75, 3.05) is 25.6 Å². The molecule has 236 valence electrons. The van der Waals surface area contributed by atoms with Gasteiger partial charge >= 0.3 is 13.7 Å². The van der Waals surface area contributed by atoms with Crippen LogP contribution >= 0.6 is 7.75 Å². The predicted octanol–water partition coefficient (Wildman–Crippen LogP) is 3.47. The van der Waals surface area contributed by atoms with E-state index in [-0.39, 0.29) is 47.9 Å². The van der Waals surface area contributed by atoms with Gasteiger partial charge in [0.25, 0.3) is 5.85 Å². The Morgan fingerprint density at radius 2 is 1.95 bits per heavy atom. The molecule has 14 nitrogen and oxygen atoms in total. The fourth-order valence-corrected chi connectivity index (χ4v) is 5.73. The SMILES string of the molecule is CCOc1nc(N)nc2c1ncn2[C@@H]1O[C@](F)(COP(=O)(NC(C)C(=O)OCC(C)C)Oc2ccccc2)[C@@H](O)[C@@]1(C)F. The molecule has 6 atom stereocenters. The second kappa shape index (κ2) is 12.7. The van der Waals surface area contributed by atoms with Gasteiger partial charge in [0, 0.05) is 0 Å². The molecule has 0 amide bonds. The predicted molar refractivity (Wildman–Crippen MR) is 149 cm³/mol. The topological polar surface area (TPSA) is 182 Å². The van der Waals surface area contributed by atoms with Gasteiger partial charge in [0.2, 0.25) is 11.8 Å². The minimum atomic E-state index is -4.58. The number of rotatable bonds is 13. The van der Waals surface area contributed by atoms with E-state index in [4.69, 9.17) is 29.0 Å². The fourth-order valence-electron chi connectivity index (χ4n) is 4.23. The number of ether oxygens (including phenoxy) is 3. The number of hydrogen-bond acceptors (Lipinski definition) is 12. The van der Waals surface area contributed by atoms with E-state index in [0.29, 0.717) is 0 Å². The van der Waals surface area contributed by atoms with Crippen LogP contribution in [0.5, 0.6) is 11.6 Å². The van der Waals surface area contributed by atoms with Crippen molar-refractivity contribution in [3.8, 4) is 11.6 Å². The van der Waals surface area contributed by atoms with Crippen molar-refractivity contribution in [3.63, 3.8) is 0 Å². The third kappa shape index (κ3) is 7.04. The van der Waals surface area contributed by atoms with Gasteiger partial charge in [0.1, 0.15) is 18.4 Å². The molecule has 17 heteroatoms. The standard InChI is InChI=1S/C26H35F2N6O8P/c1-6-38-20-18-19(31-24(29)32-20)34(14-30-18)23-25(5,27)22(36)26(28,41-23)13-40-43(37,42-17-10-8-7-9-11-17)33-16(4)21(35)39-12-15(2)3/h7-11,14-16,22-23,36H,6,12-13H2,1-5H3,(H,33,37)(H2,29,31,32)/t16?,22-,23+,25+,26+,43?/m0/s1. The van der Waals surface area contributed by atoms with Gasteiger partial charge in [-0.2, -0.15) is 15.1 Å². The van der Waals surface area contributed by atoms with Gasteiger partial charge in [-0.1, -0.05) is 32.0 Å². The van der Waals surface area contributed by atoms with Gasteiger partial charge in [-0.3, -0.25) is 13.9 Å². The summed E-state index contributed by atoms with van der Waals surface area (Å²) in [6.07, 6.45) is -3.18. The zero-order chi connectivity index (χ0) is 31.6. The molecule has 1 saturated heterocycles. The van der Waals surface area contributed by atoms with Gasteiger partial charge in [-0.05, 0) is 38.8 Å². The van der Waals surface area contributed by atoms with Crippen LogP contribution in [0.1, 0.15) is 40.8 Å². The van der Waals surface area contributed by atoms with E-state index in [2.05, 4.69) is 20.0 Å². The van der Waals surface area contributed by atoms with Gasteiger partial charge in [-0.25, -0.2) is 18.3 Å². The van der Waals surface area contributed by atoms with Crippen molar-refractivity contribution in [2.45, 2.75) is 64.5 Å². The summed E-state index contributed by atoms with van der Waals surface area (Å²) in [5.74, 6) is -4.14. The molecular weight excluding hydrogens is 593 g/mol. The van der Waals surface area contributed by atoms with E-state index in [9.17, 15) is 14.5 Å². The van der Waals surface area contributed by atoms with Crippen molar-refractivity contribution in [2.24, 2.45) is 5.92 Å². The number of alkyl halides is 2. The molecular formula is C26H35F2N6O8P. The molecule has 2 unspecified atom stereocenters. The highest BCUT2D eigenvalue weighted by atomic mass is 31.2. The maximum Gasteiger partial charge on any atom is 0.459 e. The number of aliphatic hydroxyl groups excluding tert-OH is 1. The number of fused-ring (bicyclic) bond motifs is 1. The lowest BCUT2D eigenvalue weighted by Gasteiger charge is -2.28. The summed E-state index contributed by atoms with van der Waals surface area (Å²) in [5.41, 5.74) is 3.04. The van der Waals surface area contributed by atoms with Crippen molar-refractivity contribution in [1.82, 2.24) is 24.6 Å². The molecule has 3 aromatic rings. The Balaban J connectivity index is 1.59. The van der Waals surface area contributed by atoms with Crippen LogP contribution < -0.4 is 20.1 Å². The van der Waals surface area contributed by atoms with Crippen LogP contribution in [0.25, 0.3) is 11.2 Å². The second-order valence-electron chi connectivity index (χ2n) is 10.5. The minimum absolute atomic E-state index is 0.0174. The summed E-state index contributed by atoms with van der Waals surface area (Å²) in [4.78, 5) is 24.6. The Morgan fingerprint density at radius 3 is 2.60 bits per heavy atom. The highest BCUT2D eigenvalue weighted by molar-refractivity contribution is 7.52. The number of aliphatic hydroxyl groups is 1. The number of nitrogens with zero attached hydrogens (tertiary/aromatic N) is 4. The number of nitrogens with one attached hydrogen (secondary N) is 1. The lowest BCUT2D eigenvalue weighted by Crippen LogP contribution is -2.47. The molecule has 1 aliphatic rings. The number of benzene rings is 1. The summed E-state index contributed by atoms with van der Waals surface area (Å²) in [5, 5.41) is 13.2. The van der Waals surface area contributed by atoms with Gasteiger partial charge in [0.05, 0.1) is 19.5 Å². The molecule has 1 aromatic carbocycles. The highest BCUT2D eigenvalue weighted by Crippen LogP contribution is 2.52. The first-order chi connectivity index (χ1) is 20.2. The third-order valence-corrected chi connectivity index (χ3v) is 7.96. The number of halogens is 2.